The lowest BCUT2D eigenvalue weighted by Gasteiger charge is -2.30. The van der Waals surface area contributed by atoms with E-state index in [1.807, 2.05) is 0 Å². The van der Waals surface area contributed by atoms with Crippen LogP contribution in [0.25, 0.3) is 0 Å². The molecule has 1 nitrogen and oxygen atoms in total. The van der Waals surface area contributed by atoms with Crippen LogP contribution in [0.2, 0.25) is 0 Å². The van der Waals surface area contributed by atoms with E-state index in [9.17, 15) is 0 Å². The van der Waals surface area contributed by atoms with E-state index in [4.69, 9.17) is 0 Å². The fourth-order valence-electron chi connectivity index (χ4n) is 3.64. The zero-order chi connectivity index (χ0) is 15.1. The maximum atomic E-state index is 3.85. The average Bonchev–Trinajstić information content (AvgIpc) is 2.44. The molecule has 1 atom stereocenters. The van der Waals surface area contributed by atoms with Crippen LogP contribution < -0.4 is 5.32 Å². The molecule has 0 bridgehead atoms. The Labute approximate surface area is 131 Å². The van der Waals surface area contributed by atoms with Gasteiger partial charge < -0.3 is 5.32 Å². The van der Waals surface area contributed by atoms with Gasteiger partial charge in [0, 0.05) is 6.04 Å². The summed E-state index contributed by atoms with van der Waals surface area (Å²) in [4.78, 5) is 0. The molecule has 0 aromatic heterocycles. The third-order valence-electron chi connectivity index (χ3n) is 5.13. The lowest BCUT2D eigenvalue weighted by atomic mass is 9.82. The van der Waals surface area contributed by atoms with Gasteiger partial charge in [0.15, 0.2) is 0 Å². The highest BCUT2D eigenvalue weighted by atomic mass is 14.9. The van der Waals surface area contributed by atoms with E-state index < -0.39 is 0 Å². The minimum atomic E-state index is 0.558. The van der Waals surface area contributed by atoms with Crippen LogP contribution in [0.15, 0.2) is 18.2 Å². The predicted octanol–water partition coefficient (Wildman–Crippen LogP) is 5.70. The van der Waals surface area contributed by atoms with E-state index in [2.05, 4.69) is 44.3 Å². The van der Waals surface area contributed by atoms with Crippen molar-refractivity contribution in [3.05, 3.63) is 34.9 Å². The largest absolute Gasteiger partial charge is 0.310 e. The van der Waals surface area contributed by atoms with E-state index in [1.165, 1.54) is 68.1 Å². The van der Waals surface area contributed by atoms with Gasteiger partial charge in [0.25, 0.3) is 0 Å². The van der Waals surface area contributed by atoms with Crippen molar-refractivity contribution in [2.75, 3.05) is 6.54 Å². The van der Waals surface area contributed by atoms with Gasteiger partial charge >= 0.3 is 0 Å². The zero-order valence-corrected chi connectivity index (χ0v) is 14.3. The molecule has 0 radical (unpaired) electrons. The SMILES string of the molecule is CCCNC(c1ccc(C)c(C)c1)C1CCCCCCC1. The molecule has 1 N–H and O–H groups in total. The summed E-state index contributed by atoms with van der Waals surface area (Å²) < 4.78 is 0. The number of hydrogen-bond acceptors (Lipinski definition) is 1. The van der Waals surface area contributed by atoms with Gasteiger partial charge in [0.1, 0.15) is 0 Å². The summed E-state index contributed by atoms with van der Waals surface area (Å²) in [7, 11) is 0. The van der Waals surface area contributed by atoms with Gasteiger partial charge in [-0.05, 0) is 62.3 Å². The fourth-order valence-corrected chi connectivity index (χ4v) is 3.64. The average molecular weight is 287 g/mol. The van der Waals surface area contributed by atoms with E-state index in [0.29, 0.717) is 6.04 Å². The normalized spacial score (nSPS) is 19.0. The number of rotatable bonds is 5. The summed E-state index contributed by atoms with van der Waals surface area (Å²) in [6.07, 6.45) is 11.2. The molecule has 1 fully saturated rings. The summed E-state index contributed by atoms with van der Waals surface area (Å²) in [6.45, 7) is 7.86. The van der Waals surface area contributed by atoms with Crippen LogP contribution in [-0.4, -0.2) is 6.54 Å². The molecule has 0 heterocycles. The van der Waals surface area contributed by atoms with E-state index >= 15 is 0 Å². The number of benzene rings is 1. The highest BCUT2D eigenvalue weighted by Gasteiger charge is 2.23. The van der Waals surface area contributed by atoms with E-state index in [0.717, 1.165) is 12.5 Å². The Morgan fingerprint density at radius 2 is 1.67 bits per heavy atom. The highest BCUT2D eigenvalue weighted by Crippen LogP contribution is 2.33. The summed E-state index contributed by atoms with van der Waals surface area (Å²) in [5, 5.41) is 3.85. The first-order valence-electron chi connectivity index (χ1n) is 9.03. The van der Waals surface area contributed by atoms with Crippen molar-refractivity contribution in [1.29, 1.82) is 0 Å². The topological polar surface area (TPSA) is 12.0 Å². The number of nitrogens with one attached hydrogen (secondary N) is 1. The molecule has 1 unspecified atom stereocenters. The van der Waals surface area contributed by atoms with Crippen molar-refractivity contribution in [1.82, 2.24) is 5.32 Å². The molecule has 118 valence electrons. The molecule has 0 saturated heterocycles. The standard InChI is InChI=1S/C20H33N/c1-4-14-21-20(18-10-8-6-5-7-9-11-18)19-13-12-16(2)17(3)15-19/h12-13,15,18,20-21H,4-11,14H2,1-3H3. The van der Waals surface area contributed by atoms with Gasteiger partial charge in [-0.3, -0.25) is 0 Å². The van der Waals surface area contributed by atoms with Crippen LogP contribution in [0.5, 0.6) is 0 Å². The van der Waals surface area contributed by atoms with Crippen molar-refractivity contribution >= 4 is 0 Å². The first-order chi connectivity index (χ1) is 10.2. The molecule has 0 aliphatic heterocycles. The van der Waals surface area contributed by atoms with Gasteiger partial charge in [-0.1, -0.05) is 57.2 Å². The highest BCUT2D eigenvalue weighted by molar-refractivity contribution is 5.32. The molecule has 1 aliphatic carbocycles. The summed E-state index contributed by atoms with van der Waals surface area (Å²) in [6, 6.07) is 7.63. The lowest BCUT2D eigenvalue weighted by Crippen LogP contribution is -2.29. The van der Waals surface area contributed by atoms with Gasteiger partial charge in [-0.15, -0.1) is 0 Å². The second-order valence-corrected chi connectivity index (χ2v) is 6.88. The number of aryl methyl sites for hydroxylation is 2. The van der Waals surface area contributed by atoms with Crippen LogP contribution in [-0.2, 0) is 0 Å². The van der Waals surface area contributed by atoms with E-state index in [-0.39, 0.29) is 0 Å². The quantitative estimate of drug-likeness (QED) is 0.732. The third-order valence-corrected chi connectivity index (χ3v) is 5.13. The van der Waals surface area contributed by atoms with Gasteiger partial charge in [-0.2, -0.15) is 0 Å². The lowest BCUT2D eigenvalue weighted by molar-refractivity contribution is 0.288. The molecule has 1 aromatic rings. The Bertz CT molecular complexity index is 416. The van der Waals surface area contributed by atoms with Crippen LogP contribution in [0.3, 0.4) is 0 Å². The molecule has 1 aliphatic rings. The fraction of sp³-hybridized carbons (Fsp3) is 0.700. The van der Waals surface area contributed by atoms with Gasteiger partial charge in [0.05, 0.1) is 0 Å². The first-order valence-corrected chi connectivity index (χ1v) is 9.03. The minimum absolute atomic E-state index is 0.558. The van der Waals surface area contributed by atoms with Crippen LogP contribution in [0.4, 0.5) is 0 Å². The Morgan fingerprint density at radius 3 is 2.29 bits per heavy atom. The monoisotopic (exact) mass is 287 g/mol. The summed E-state index contributed by atoms with van der Waals surface area (Å²) >= 11 is 0. The third kappa shape index (κ3) is 4.85. The molecular formula is C20H33N. The molecule has 1 aromatic carbocycles. The van der Waals surface area contributed by atoms with Crippen LogP contribution >= 0.6 is 0 Å². The number of hydrogen-bond donors (Lipinski definition) is 1. The Kier molecular flexibility index (Phi) is 6.76. The minimum Gasteiger partial charge on any atom is -0.310 e. The summed E-state index contributed by atoms with van der Waals surface area (Å²) in [5.41, 5.74) is 4.35. The van der Waals surface area contributed by atoms with Crippen LogP contribution in [0, 0.1) is 19.8 Å². The smallest absolute Gasteiger partial charge is 0.0348 e. The Morgan fingerprint density at radius 1 is 1.00 bits per heavy atom. The van der Waals surface area contributed by atoms with Gasteiger partial charge in [-0.25, -0.2) is 0 Å². The molecule has 0 amide bonds. The zero-order valence-electron chi connectivity index (χ0n) is 14.3. The molecule has 21 heavy (non-hydrogen) atoms. The maximum Gasteiger partial charge on any atom is 0.0348 e. The van der Waals surface area contributed by atoms with Crippen LogP contribution in [0.1, 0.15) is 81.0 Å². The second kappa shape index (κ2) is 8.58. The Hall–Kier alpha value is -0.820. The predicted molar refractivity (Wildman–Crippen MR) is 92.8 cm³/mol. The maximum absolute atomic E-state index is 3.85. The van der Waals surface area contributed by atoms with Crippen molar-refractivity contribution in [2.24, 2.45) is 5.92 Å². The van der Waals surface area contributed by atoms with Gasteiger partial charge in [0.2, 0.25) is 0 Å². The van der Waals surface area contributed by atoms with E-state index in [1.54, 1.807) is 0 Å². The van der Waals surface area contributed by atoms with Crippen molar-refractivity contribution in [2.45, 2.75) is 78.2 Å². The molecule has 1 saturated carbocycles. The molecule has 2 rings (SSSR count). The first kappa shape index (κ1) is 16.5. The Balaban J connectivity index is 2.16. The molecular weight excluding hydrogens is 254 g/mol. The molecule has 0 spiro atoms. The van der Waals surface area contributed by atoms with Crippen molar-refractivity contribution < 1.29 is 0 Å². The van der Waals surface area contributed by atoms with Crippen molar-refractivity contribution in [3.8, 4) is 0 Å². The van der Waals surface area contributed by atoms with Crippen molar-refractivity contribution in [3.63, 3.8) is 0 Å². The molecule has 1 heteroatoms. The second-order valence-electron chi connectivity index (χ2n) is 6.88. The summed E-state index contributed by atoms with van der Waals surface area (Å²) in [5.74, 6) is 0.818.